The molecule has 0 radical (unpaired) electrons. The molecule has 2 atom stereocenters. The van der Waals surface area contributed by atoms with Gasteiger partial charge >= 0.3 is 0 Å². The van der Waals surface area contributed by atoms with E-state index in [9.17, 15) is 0 Å². The van der Waals surface area contributed by atoms with Crippen LogP contribution in [0.5, 0.6) is 0 Å². The molecular formula is C15H18. The standard InChI is InChI=1S/C15H18/c1-9-3-2-4-12-13(9)15-11-7-5-10(6-8-11)14(12)15/h2-4,10-11,14-15H,5-8H2,1H3/t10?,11?,14-,15+/m0/s1. The quantitative estimate of drug-likeness (QED) is 0.591. The lowest BCUT2D eigenvalue weighted by Crippen LogP contribution is -2.44. The Balaban J connectivity index is 1.88. The van der Waals surface area contributed by atoms with Crippen LogP contribution in [0.2, 0.25) is 0 Å². The molecule has 2 bridgehead atoms. The van der Waals surface area contributed by atoms with Crippen molar-refractivity contribution in [3.63, 3.8) is 0 Å². The van der Waals surface area contributed by atoms with Gasteiger partial charge in [0, 0.05) is 0 Å². The summed E-state index contributed by atoms with van der Waals surface area (Å²) in [6.07, 6.45) is 6.05. The average molecular weight is 198 g/mol. The number of hydrogen-bond acceptors (Lipinski definition) is 0. The Morgan fingerprint density at radius 3 is 2.33 bits per heavy atom. The van der Waals surface area contributed by atoms with Crippen LogP contribution in [0.3, 0.4) is 0 Å². The second kappa shape index (κ2) is 2.66. The molecule has 0 spiro atoms. The molecule has 0 nitrogen and oxygen atoms in total. The van der Waals surface area contributed by atoms with Gasteiger partial charge < -0.3 is 0 Å². The first-order valence-electron chi connectivity index (χ1n) is 6.45. The maximum atomic E-state index is 2.39. The van der Waals surface area contributed by atoms with Gasteiger partial charge in [0.25, 0.3) is 0 Å². The molecule has 1 aromatic rings. The summed E-state index contributed by atoms with van der Waals surface area (Å²) in [6, 6.07) is 6.95. The molecular weight excluding hydrogens is 180 g/mol. The Morgan fingerprint density at radius 1 is 0.933 bits per heavy atom. The zero-order chi connectivity index (χ0) is 9.99. The van der Waals surface area contributed by atoms with Crippen LogP contribution in [0.25, 0.3) is 0 Å². The predicted octanol–water partition coefficient (Wildman–Crippen LogP) is 4.00. The van der Waals surface area contributed by atoms with E-state index >= 15 is 0 Å². The van der Waals surface area contributed by atoms with Crippen LogP contribution in [0.4, 0.5) is 0 Å². The van der Waals surface area contributed by atoms with E-state index in [1.54, 1.807) is 16.7 Å². The Kier molecular flexibility index (Phi) is 1.49. The van der Waals surface area contributed by atoms with E-state index in [2.05, 4.69) is 25.1 Å². The largest absolute Gasteiger partial charge is 0.0617 e. The minimum Gasteiger partial charge on any atom is -0.0617 e. The topological polar surface area (TPSA) is 0 Å². The summed E-state index contributed by atoms with van der Waals surface area (Å²) in [4.78, 5) is 0. The first-order chi connectivity index (χ1) is 7.36. The fourth-order valence-electron chi connectivity index (χ4n) is 4.67. The lowest BCUT2D eigenvalue weighted by atomic mass is 9.48. The molecule has 0 saturated heterocycles. The molecule has 4 aliphatic carbocycles. The number of benzene rings is 1. The molecule has 0 aliphatic heterocycles. The van der Waals surface area contributed by atoms with Gasteiger partial charge in [-0.25, -0.2) is 0 Å². The highest BCUT2D eigenvalue weighted by atomic mass is 14.6. The van der Waals surface area contributed by atoms with E-state index in [1.807, 2.05) is 0 Å². The fraction of sp³-hybridized carbons (Fsp3) is 0.600. The minimum atomic E-state index is 0.965. The monoisotopic (exact) mass is 198 g/mol. The highest BCUT2D eigenvalue weighted by Crippen LogP contribution is 2.65. The molecule has 3 fully saturated rings. The van der Waals surface area contributed by atoms with Crippen LogP contribution in [-0.4, -0.2) is 0 Å². The van der Waals surface area contributed by atoms with Crippen molar-refractivity contribution < 1.29 is 0 Å². The Morgan fingerprint density at radius 2 is 1.60 bits per heavy atom. The highest BCUT2D eigenvalue weighted by Gasteiger charge is 2.52. The zero-order valence-electron chi connectivity index (χ0n) is 9.37. The predicted molar refractivity (Wildman–Crippen MR) is 62.1 cm³/mol. The Labute approximate surface area is 91.7 Å². The number of rotatable bonds is 0. The molecule has 0 amide bonds. The van der Waals surface area contributed by atoms with Crippen molar-refractivity contribution in [1.82, 2.24) is 0 Å². The normalized spacial score (nSPS) is 40.6. The van der Waals surface area contributed by atoms with Gasteiger partial charge in [-0.2, -0.15) is 0 Å². The van der Waals surface area contributed by atoms with Gasteiger partial charge in [0.15, 0.2) is 0 Å². The summed E-state index contributed by atoms with van der Waals surface area (Å²) >= 11 is 0. The third-order valence-electron chi connectivity index (χ3n) is 5.27. The second-order valence-electron chi connectivity index (χ2n) is 5.80. The summed E-state index contributed by atoms with van der Waals surface area (Å²) < 4.78 is 0. The van der Waals surface area contributed by atoms with Crippen molar-refractivity contribution in [2.75, 3.05) is 0 Å². The maximum absolute atomic E-state index is 2.39. The highest BCUT2D eigenvalue weighted by molar-refractivity contribution is 5.51. The summed E-state index contributed by atoms with van der Waals surface area (Å²) in [7, 11) is 0. The molecule has 15 heavy (non-hydrogen) atoms. The number of aryl methyl sites for hydroxylation is 1. The Hall–Kier alpha value is -0.780. The molecule has 5 rings (SSSR count). The molecule has 0 aromatic heterocycles. The van der Waals surface area contributed by atoms with E-state index in [4.69, 9.17) is 0 Å². The summed E-state index contributed by atoms with van der Waals surface area (Å²) in [6.45, 7) is 2.30. The lowest BCUT2D eigenvalue weighted by molar-refractivity contribution is 0.0891. The third-order valence-corrected chi connectivity index (χ3v) is 5.27. The van der Waals surface area contributed by atoms with Crippen molar-refractivity contribution in [1.29, 1.82) is 0 Å². The SMILES string of the molecule is Cc1cccc2c1[C@H]1C3CCC(CC3)[C@@H]21. The van der Waals surface area contributed by atoms with Crippen molar-refractivity contribution in [2.24, 2.45) is 11.8 Å². The van der Waals surface area contributed by atoms with Gasteiger partial charge in [-0.05, 0) is 73.0 Å². The second-order valence-corrected chi connectivity index (χ2v) is 5.80. The fourth-order valence-corrected chi connectivity index (χ4v) is 4.67. The van der Waals surface area contributed by atoms with Crippen molar-refractivity contribution in [2.45, 2.75) is 44.4 Å². The molecule has 4 aliphatic rings. The van der Waals surface area contributed by atoms with Gasteiger partial charge in [0.1, 0.15) is 0 Å². The van der Waals surface area contributed by atoms with Gasteiger partial charge in [-0.3, -0.25) is 0 Å². The first kappa shape index (κ1) is 8.38. The van der Waals surface area contributed by atoms with Crippen LogP contribution in [0.1, 0.15) is 54.2 Å². The van der Waals surface area contributed by atoms with Gasteiger partial charge in [-0.15, -0.1) is 0 Å². The number of fused-ring (bicyclic) bond motifs is 3. The molecule has 0 heterocycles. The third kappa shape index (κ3) is 0.891. The van der Waals surface area contributed by atoms with Crippen LogP contribution < -0.4 is 0 Å². The minimum absolute atomic E-state index is 0.965. The summed E-state index contributed by atoms with van der Waals surface area (Å²) in [5, 5.41) is 0. The number of hydrogen-bond donors (Lipinski definition) is 0. The molecule has 3 saturated carbocycles. The lowest BCUT2D eigenvalue weighted by Gasteiger charge is -2.56. The van der Waals surface area contributed by atoms with Crippen molar-refractivity contribution in [3.05, 3.63) is 34.9 Å². The average Bonchev–Trinajstić information content (AvgIpc) is 2.24. The van der Waals surface area contributed by atoms with E-state index in [-0.39, 0.29) is 0 Å². The molecule has 78 valence electrons. The smallest absolute Gasteiger partial charge is 0.00565 e. The maximum Gasteiger partial charge on any atom is -0.00565 e. The summed E-state index contributed by atoms with van der Waals surface area (Å²) in [5.41, 5.74) is 5.02. The first-order valence-corrected chi connectivity index (χ1v) is 6.45. The van der Waals surface area contributed by atoms with Gasteiger partial charge in [0.05, 0.1) is 0 Å². The molecule has 0 heteroatoms. The van der Waals surface area contributed by atoms with Crippen molar-refractivity contribution in [3.8, 4) is 0 Å². The summed E-state index contributed by atoms with van der Waals surface area (Å²) in [5.74, 6) is 4.00. The van der Waals surface area contributed by atoms with Crippen molar-refractivity contribution >= 4 is 0 Å². The van der Waals surface area contributed by atoms with Gasteiger partial charge in [0.2, 0.25) is 0 Å². The molecule has 0 N–H and O–H groups in total. The van der Waals surface area contributed by atoms with Crippen LogP contribution in [0.15, 0.2) is 18.2 Å². The van der Waals surface area contributed by atoms with Gasteiger partial charge in [-0.1, -0.05) is 18.2 Å². The Bertz CT molecular complexity index is 410. The van der Waals surface area contributed by atoms with E-state index < -0.39 is 0 Å². The van der Waals surface area contributed by atoms with Crippen LogP contribution >= 0.6 is 0 Å². The van der Waals surface area contributed by atoms with E-state index in [0.29, 0.717) is 0 Å². The molecule has 0 unspecified atom stereocenters. The van der Waals surface area contributed by atoms with E-state index in [0.717, 1.165) is 23.7 Å². The zero-order valence-corrected chi connectivity index (χ0v) is 9.37. The van der Waals surface area contributed by atoms with Crippen LogP contribution in [-0.2, 0) is 0 Å². The molecule has 1 aromatic carbocycles. The van der Waals surface area contributed by atoms with E-state index in [1.165, 1.54) is 25.7 Å². The van der Waals surface area contributed by atoms with Crippen LogP contribution in [0, 0.1) is 18.8 Å².